The van der Waals surface area contributed by atoms with Crippen molar-refractivity contribution in [3.05, 3.63) is 64.2 Å². The third-order valence-electron chi connectivity index (χ3n) is 3.82. The van der Waals surface area contributed by atoms with Gasteiger partial charge in [-0.2, -0.15) is 5.26 Å². The van der Waals surface area contributed by atoms with Gasteiger partial charge < -0.3 is 0 Å². The molecule has 0 saturated heterocycles. The molecule has 25 heavy (non-hydrogen) atoms. The molecule has 0 aliphatic carbocycles. The number of aryl methyl sites for hydroxylation is 1. The minimum Gasteiger partial charge on any atom is -0.268 e. The third-order valence-corrected chi connectivity index (χ3v) is 4.85. The van der Waals surface area contributed by atoms with Gasteiger partial charge in [-0.05, 0) is 43.2 Å². The Labute approximate surface area is 148 Å². The summed E-state index contributed by atoms with van der Waals surface area (Å²) in [5, 5.41) is 9.66. The van der Waals surface area contributed by atoms with E-state index in [1.54, 1.807) is 37.3 Å². The summed E-state index contributed by atoms with van der Waals surface area (Å²) in [5.74, 6) is 0.296. The number of hydrogen-bond acceptors (Lipinski definition) is 4. The van der Waals surface area contributed by atoms with Crippen LogP contribution < -0.4 is 5.56 Å². The quantitative estimate of drug-likeness (QED) is 0.391. The van der Waals surface area contributed by atoms with E-state index >= 15 is 0 Å². The van der Waals surface area contributed by atoms with E-state index in [2.05, 4.69) is 11.1 Å². The van der Waals surface area contributed by atoms with Crippen molar-refractivity contribution in [2.24, 2.45) is 0 Å². The van der Waals surface area contributed by atoms with Crippen LogP contribution in [0.4, 0.5) is 4.39 Å². The van der Waals surface area contributed by atoms with Crippen molar-refractivity contribution in [1.82, 2.24) is 9.55 Å². The molecule has 1 aromatic heterocycles. The van der Waals surface area contributed by atoms with Crippen LogP contribution >= 0.6 is 11.8 Å². The molecule has 0 aliphatic rings. The highest BCUT2D eigenvalue weighted by Gasteiger charge is 2.14. The van der Waals surface area contributed by atoms with Gasteiger partial charge in [0.25, 0.3) is 5.56 Å². The van der Waals surface area contributed by atoms with Gasteiger partial charge in [0.1, 0.15) is 5.82 Å². The number of aromatic nitrogens is 2. The molecular weight excluding hydrogens is 337 g/mol. The van der Waals surface area contributed by atoms with Gasteiger partial charge in [0.2, 0.25) is 0 Å². The summed E-state index contributed by atoms with van der Waals surface area (Å²) in [6.45, 7) is 1.68. The average molecular weight is 353 g/mol. The summed E-state index contributed by atoms with van der Waals surface area (Å²) < 4.78 is 15.5. The van der Waals surface area contributed by atoms with Gasteiger partial charge in [0.05, 0.1) is 22.7 Å². The highest BCUT2D eigenvalue weighted by atomic mass is 32.2. The maximum atomic E-state index is 14.0. The smallest absolute Gasteiger partial charge is 0.266 e. The van der Waals surface area contributed by atoms with Crippen LogP contribution in [0.1, 0.15) is 18.4 Å². The molecule has 0 N–H and O–H groups in total. The molecule has 0 saturated carbocycles. The minimum atomic E-state index is -0.363. The number of halogens is 1. The molecule has 2 aromatic carbocycles. The van der Waals surface area contributed by atoms with E-state index in [0.717, 1.165) is 0 Å². The molecule has 6 heteroatoms. The summed E-state index contributed by atoms with van der Waals surface area (Å²) in [6, 6.07) is 13.9. The van der Waals surface area contributed by atoms with Crippen LogP contribution in [0.3, 0.4) is 0 Å². The van der Waals surface area contributed by atoms with Gasteiger partial charge in [-0.25, -0.2) is 9.37 Å². The Morgan fingerprint density at radius 1 is 1.28 bits per heavy atom. The van der Waals surface area contributed by atoms with Crippen molar-refractivity contribution in [2.45, 2.75) is 24.9 Å². The largest absolute Gasteiger partial charge is 0.268 e. The summed E-state index contributed by atoms with van der Waals surface area (Å²) in [6.07, 6.45) is 1.15. The van der Waals surface area contributed by atoms with Gasteiger partial charge in [0.15, 0.2) is 5.16 Å². The fourth-order valence-electron chi connectivity index (χ4n) is 2.47. The molecule has 0 bridgehead atoms. The molecule has 0 fully saturated rings. The number of hydrogen-bond donors (Lipinski definition) is 0. The summed E-state index contributed by atoms with van der Waals surface area (Å²) in [4.78, 5) is 17.6. The molecule has 3 rings (SSSR count). The lowest BCUT2D eigenvalue weighted by molar-refractivity contribution is 0.615. The molecule has 0 spiro atoms. The van der Waals surface area contributed by atoms with Crippen molar-refractivity contribution < 1.29 is 4.39 Å². The van der Waals surface area contributed by atoms with Gasteiger partial charge >= 0.3 is 0 Å². The predicted octanol–water partition coefficient (Wildman–Crippen LogP) is 4.23. The van der Waals surface area contributed by atoms with Crippen LogP contribution in [0, 0.1) is 24.1 Å². The van der Waals surface area contributed by atoms with E-state index in [1.807, 2.05) is 6.07 Å². The first-order chi connectivity index (χ1) is 12.1. The van der Waals surface area contributed by atoms with E-state index in [0.29, 0.717) is 45.9 Å². The van der Waals surface area contributed by atoms with Crippen molar-refractivity contribution in [2.75, 3.05) is 5.75 Å². The topological polar surface area (TPSA) is 58.7 Å². The molecule has 1 heterocycles. The van der Waals surface area contributed by atoms with Crippen molar-refractivity contribution in [3.8, 4) is 11.8 Å². The lowest BCUT2D eigenvalue weighted by atomic mass is 10.2. The highest BCUT2D eigenvalue weighted by molar-refractivity contribution is 7.99. The number of benzene rings is 2. The van der Waals surface area contributed by atoms with Crippen LogP contribution in [0.15, 0.2) is 52.4 Å². The second-order valence-electron chi connectivity index (χ2n) is 5.60. The zero-order chi connectivity index (χ0) is 17.8. The van der Waals surface area contributed by atoms with Gasteiger partial charge in [-0.15, -0.1) is 0 Å². The molecule has 0 radical (unpaired) electrons. The Bertz CT molecular complexity index is 1020. The SMILES string of the molecule is Cc1ccc(-n2c(SCCCC#N)nc3ccccc3c2=O)cc1F. The van der Waals surface area contributed by atoms with Crippen molar-refractivity contribution in [1.29, 1.82) is 5.26 Å². The molecule has 126 valence electrons. The first-order valence-electron chi connectivity index (χ1n) is 7.90. The Morgan fingerprint density at radius 2 is 2.08 bits per heavy atom. The number of nitriles is 1. The summed E-state index contributed by atoms with van der Waals surface area (Å²) in [5.41, 5.74) is 1.36. The Hall–Kier alpha value is -2.65. The first kappa shape index (κ1) is 17.2. The number of rotatable bonds is 5. The number of unbranched alkanes of at least 4 members (excludes halogenated alkanes) is 1. The zero-order valence-electron chi connectivity index (χ0n) is 13.7. The van der Waals surface area contributed by atoms with E-state index in [4.69, 9.17) is 5.26 Å². The second-order valence-corrected chi connectivity index (χ2v) is 6.66. The number of thioether (sulfide) groups is 1. The molecule has 3 aromatic rings. The molecule has 0 aliphatic heterocycles. The van der Waals surface area contributed by atoms with Crippen molar-refractivity contribution in [3.63, 3.8) is 0 Å². The standard InChI is InChI=1S/C19H16FN3OS/c1-13-8-9-14(12-16(13)20)23-18(24)15-6-2-3-7-17(15)22-19(23)25-11-5-4-10-21/h2-3,6-9,12H,4-5,11H2,1H3. The highest BCUT2D eigenvalue weighted by Crippen LogP contribution is 2.23. The molecule has 0 atom stereocenters. The average Bonchev–Trinajstić information content (AvgIpc) is 2.62. The molecule has 4 nitrogen and oxygen atoms in total. The third kappa shape index (κ3) is 3.57. The fraction of sp³-hybridized carbons (Fsp3) is 0.211. The van der Waals surface area contributed by atoms with Crippen LogP contribution in [-0.4, -0.2) is 15.3 Å². The maximum absolute atomic E-state index is 14.0. The van der Waals surface area contributed by atoms with Gasteiger partial charge in [-0.3, -0.25) is 9.36 Å². The summed E-state index contributed by atoms with van der Waals surface area (Å²) in [7, 11) is 0. The van der Waals surface area contributed by atoms with E-state index < -0.39 is 0 Å². The van der Waals surface area contributed by atoms with E-state index in [1.165, 1.54) is 22.4 Å². The first-order valence-corrected chi connectivity index (χ1v) is 8.88. The summed E-state index contributed by atoms with van der Waals surface area (Å²) >= 11 is 1.40. The lowest BCUT2D eigenvalue weighted by Crippen LogP contribution is -2.22. The van der Waals surface area contributed by atoms with E-state index in [-0.39, 0.29) is 11.4 Å². The molecule has 0 amide bonds. The number of para-hydroxylation sites is 1. The zero-order valence-corrected chi connectivity index (χ0v) is 14.5. The van der Waals surface area contributed by atoms with Gasteiger partial charge in [0, 0.05) is 12.2 Å². The lowest BCUT2D eigenvalue weighted by Gasteiger charge is -2.13. The second kappa shape index (κ2) is 7.49. The van der Waals surface area contributed by atoms with Crippen molar-refractivity contribution >= 4 is 22.7 Å². The Morgan fingerprint density at radius 3 is 2.84 bits per heavy atom. The van der Waals surface area contributed by atoms with Crippen LogP contribution in [-0.2, 0) is 0 Å². The number of fused-ring (bicyclic) bond motifs is 1. The van der Waals surface area contributed by atoms with Crippen LogP contribution in [0.2, 0.25) is 0 Å². The predicted molar refractivity (Wildman–Crippen MR) is 97.6 cm³/mol. The maximum Gasteiger partial charge on any atom is 0.266 e. The Balaban J connectivity index is 2.16. The van der Waals surface area contributed by atoms with Crippen LogP contribution in [0.25, 0.3) is 16.6 Å². The molecular formula is C19H16FN3OS. The van der Waals surface area contributed by atoms with E-state index in [9.17, 15) is 9.18 Å². The monoisotopic (exact) mass is 353 g/mol. The van der Waals surface area contributed by atoms with Crippen LogP contribution in [0.5, 0.6) is 0 Å². The fourth-order valence-corrected chi connectivity index (χ4v) is 3.42. The minimum absolute atomic E-state index is 0.225. The normalized spacial score (nSPS) is 10.8. The van der Waals surface area contributed by atoms with Gasteiger partial charge in [-0.1, -0.05) is 30.0 Å². The Kier molecular flexibility index (Phi) is 5.15. The number of nitrogens with zero attached hydrogens (tertiary/aromatic N) is 3. The molecule has 0 unspecified atom stereocenters.